The number of thiocarbonyl (C=S) groups is 1. The first-order valence-electron chi connectivity index (χ1n) is 6.08. The molecule has 4 atom stereocenters. The van der Waals surface area contributed by atoms with Crippen LogP contribution in [0.25, 0.3) is 10.4 Å². The molecule has 0 aliphatic carbocycles. The smallest absolute Gasteiger partial charge is 0.225 e. The number of hydrogen-bond donors (Lipinski definition) is 3. The highest BCUT2D eigenvalue weighted by Gasteiger charge is 2.56. The number of carbonyl (C=O) groups excluding carboxylic acids is 1. The highest BCUT2D eigenvalue weighted by atomic mass is 32.1. The van der Waals surface area contributed by atoms with Gasteiger partial charge in [0.15, 0.2) is 12.1 Å². The average molecular weight is 334 g/mol. The fourth-order valence-electron chi connectivity index (χ4n) is 1.87. The summed E-state index contributed by atoms with van der Waals surface area (Å²) < 4.78 is 18.8. The Kier molecular flexibility index (Phi) is 5.94. The maximum Gasteiger partial charge on any atom is 0.225 e. The highest BCUT2D eigenvalue weighted by Crippen LogP contribution is 2.34. The van der Waals surface area contributed by atoms with Crippen molar-refractivity contribution >= 4 is 23.0 Å². The molecule has 1 saturated heterocycles. The lowest BCUT2D eigenvalue weighted by molar-refractivity contribution is -0.156. The molecule has 1 unspecified atom stereocenters. The second-order valence-corrected chi connectivity index (χ2v) is 5.21. The van der Waals surface area contributed by atoms with E-state index >= 15 is 0 Å². The van der Waals surface area contributed by atoms with Gasteiger partial charge in [-0.25, -0.2) is 4.39 Å². The van der Waals surface area contributed by atoms with Crippen LogP contribution in [0.5, 0.6) is 0 Å². The van der Waals surface area contributed by atoms with E-state index in [-0.39, 0.29) is 4.86 Å². The van der Waals surface area contributed by atoms with Gasteiger partial charge < -0.3 is 20.1 Å². The Morgan fingerprint density at radius 3 is 2.59 bits per heavy atom. The number of aliphatic hydroxyl groups excluding tert-OH is 3. The van der Waals surface area contributed by atoms with Crippen molar-refractivity contribution in [2.24, 2.45) is 5.11 Å². The van der Waals surface area contributed by atoms with Gasteiger partial charge in [0.1, 0.15) is 12.2 Å². The number of amides is 1. The predicted molar refractivity (Wildman–Crippen MR) is 75.8 cm³/mol. The van der Waals surface area contributed by atoms with Crippen LogP contribution in [0.4, 0.5) is 4.39 Å². The molecule has 3 N–H and O–H groups in total. The van der Waals surface area contributed by atoms with E-state index < -0.39 is 42.5 Å². The van der Waals surface area contributed by atoms with E-state index in [1.54, 1.807) is 0 Å². The first-order chi connectivity index (χ1) is 10.2. The quantitative estimate of drug-likeness (QED) is 0.214. The number of hydrogen-bond acceptors (Lipinski definition) is 7. The van der Waals surface area contributed by atoms with Crippen LogP contribution in [0.3, 0.4) is 0 Å². The summed E-state index contributed by atoms with van der Waals surface area (Å²) in [5.41, 5.74) is 6.31. The normalized spacial score (nSPS) is 31.5. The molecule has 1 amide bonds. The minimum absolute atomic E-state index is 0.136. The number of rotatable bonds is 5. The Bertz CT molecular complexity index is 553. The van der Waals surface area contributed by atoms with E-state index in [0.29, 0.717) is 11.1 Å². The molecule has 11 heteroatoms. The first-order valence-corrected chi connectivity index (χ1v) is 6.49. The SMILES string of the molecule is CC(=O)N(/C=C(/F)C(C)=S)[C@@H]1O[C@@](CO)(N=[N+]=[N-])C(O)[C@@H]1O. The molecule has 0 bridgehead atoms. The zero-order valence-corrected chi connectivity index (χ0v) is 12.6. The number of carbonyl (C=O) groups is 1. The third-order valence-electron chi connectivity index (χ3n) is 3.07. The van der Waals surface area contributed by atoms with Gasteiger partial charge >= 0.3 is 0 Å². The summed E-state index contributed by atoms with van der Waals surface area (Å²) >= 11 is 4.62. The van der Waals surface area contributed by atoms with Crippen LogP contribution < -0.4 is 0 Å². The molecule has 0 aromatic carbocycles. The Balaban J connectivity index is 3.23. The van der Waals surface area contributed by atoms with Crippen molar-refractivity contribution in [3.8, 4) is 0 Å². The van der Waals surface area contributed by atoms with E-state index in [0.717, 1.165) is 6.92 Å². The van der Waals surface area contributed by atoms with Gasteiger partial charge in [-0.05, 0) is 12.5 Å². The minimum Gasteiger partial charge on any atom is -0.393 e. The van der Waals surface area contributed by atoms with Gasteiger partial charge in [0.2, 0.25) is 11.6 Å². The molecule has 1 aliphatic heterocycles. The molecule has 9 nitrogen and oxygen atoms in total. The maximum atomic E-state index is 13.6. The Labute approximate surface area is 130 Å². The Morgan fingerprint density at radius 2 is 2.18 bits per heavy atom. The standard InChI is InChI=1S/C11H15FN4O5S/c1-5(22)7(12)3-16(6(2)18)10-8(19)9(20)11(4-17,21-10)14-15-13/h3,8-10,17,19-20H,4H2,1-2H3/b7-3+/t8-,9?,10+,11+/m0/s1. The fourth-order valence-corrected chi connectivity index (χ4v) is 1.92. The predicted octanol–water partition coefficient (Wildman–Crippen LogP) is 0.113. The second kappa shape index (κ2) is 7.09. The lowest BCUT2D eigenvalue weighted by atomic mass is 10.1. The van der Waals surface area contributed by atoms with Crippen LogP contribution >= 0.6 is 12.2 Å². The molecular formula is C11H15FN4O5S. The number of allylic oxidation sites excluding steroid dienone is 1. The summed E-state index contributed by atoms with van der Waals surface area (Å²) in [4.78, 5) is 14.6. The monoisotopic (exact) mass is 334 g/mol. The van der Waals surface area contributed by atoms with Crippen molar-refractivity contribution in [3.05, 3.63) is 22.5 Å². The summed E-state index contributed by atoms with van der Waals surface area (Å²) in [5, 5.41) is 32.3. The number of halogens is 1. The van der Waals surface area contributed by atoms with E-state index in [9.17, 15) is 24.5 Å². The van der Waals surface area contributed by atoms with Crippen molar-refractivity contribution in [1.29, 1.82) is 0 Å². The summed E-state index contributed by atoms with van der Waals surface area (Å²) in [5.74, 6) is -1.64. The molecular weight excluding hydrogens is 319 g/mol. The van der Waals surface area contributed by atoms with E-state index in [4.69, 9.17) is 10.3 Å². The van der Waals surface area contributed by atoms with Crippen molar-refractivity contribution in [2.75, 3.05) is 6.61 Å². The largest absolute Gasteiger partial charge is 0.393 e. The van der Waals surface area contributed by atoms with E-state index in [2.05, 4.69) is 22.2 Å². The lowest BCUT2D eigenvalue weighted by Crippen LogP contribution is -2.45. The van der Waals surface area contributed by atoms with E-state index in [1.165, 1.54) is 6.92 Å². The van der Waals surface area contributed by atoms with Crippen molar-refractivity contribution in [2.45, 2.75) is 38.0 Å². The molecule has 0 radical (unpaired) electrons. The maximum absolute atomic E-state index is 13.6. The molecule has 122 valence electrons. The van der Waals surface area contributed by atoms with Crippen molar-refractivity contribution < 1.29 is 29.2 Å². The zero-order chi connectivity index (χ0) is 17.1. The topological polar surface area (TPSA) is 139 Å². The summed E-state index contributed by atoms with van der Waals surface area (Å²) in [6, 6.07) is 0. The molecule has 1 rings (SSSR count). The number of azide groups is 1. The molecule has 1 aliphatic rings. The van der Waals surface area contributed by atoms with Gasteiger partial charge in [0.05, 0.1) is 6.61 Å². The van der Waals surface area contributed by atoms with Crippen LogP contribution in [0.15, 0.2) is 17.1 Å². The van der Waals surface area contributed by atoms with Crippen molar-refractivity contribution in [3.63, 3.8) is 0 Å². The van der Waals surface area contributed by atoms with Crippen LogP contribution in [0, 0.1) is 0 Å². The van der Waals surface area contributed by atoms with Crippen LogP contribution in [-0.2, 0) is 9.53 Å². The van der Waals surface area contributed by atoms with Crippen LogP contribution in [0.2, 0.25) is 0 Å². The van der Waals surface area contributed by atoms with Gasteiger partial charge in [-0.15, -0.1) is 0 Å². The molecule has 22 heavy (non-hydrogen) atoms. The molecule has 0 saturated carbocycles. The fraction of sp³-hybridized carbons (Fsp3) is 0.636. The van der Waals surface area contributed by atoms with E-state index in [1.807, 2.05) is 0 Å². The Morgan fingerprint density at radius 1 is 1.59 bits per heavy atom. The third-order valence-corrected chi connectivity index (χ3v) is 3.26. The lowest BCUT2D eigenvalue weighted by Gasteiger charge is -2.27. The van der Waals surface area contributed by atoms with Gasteiger partial charge in [-0.2, -0.15) is 0 Å². The Hall–Kier alpha value is -1.62. The average Bonchev–Trinajstić information content (AvgIpc) is 2.70. The van der Waals surface area contributed by atoms with Gasteiger partial charge in [-0.1, -0.05) is 17.3 Å². The summed E-state index contributed by atoms with van der Waals surface area (Å²) in [6.45, 7) is 1.41. The van der Waals surface area contributed by atoms with Gasteiger partial charge in [-0.3, -0.25) is 9.69 Å². The number of ether oxygens (including phenoxy) is 1. The summed E-state index contributed by atoms with van der Waals surface area (Å²) in [6.07, 6.45) is -4.42. The number of nitrogens with zero attached hydrogens (tertiary/aromatic N) is 4. The van der Waals surface area contributed by atoms with Crippen molar-refractivity contribution in [1.82, 2.24) is 4.90 Å². The molecule has 0 spiro atoms. The minimum atomic E-state index is -2.18. The third kappa shape index (κ3) is 3.40. The highest BCUT2D eigenvalue weighted by molar-refractivity contribution is 7.80. The second-order valence-electron chi connectivity index (χ2n) is 4.60. The van der Waals surface area contributed by atoms with Gasteiger partial charge in [0.25, 0.3) is 0 Å². The zero-order valence-electron chi connectivity index (χ0n) is 11.7. The first kappa shape index (κ1) is 18.4. The van der Waals surface area contributed by atoms with Crippen LogP contribution in [0.1, 0.15) is 13.8 Å². The number of aliphatic hydroxyl groups is 3. The van der Waals surface area contributed by atoms with Crippen LogP contribution in [-0.4, -0.2) is 61.8 Å². The molecule has 1 fully saturated rings. The summed E-state index contributed by atoms with van der Waals surface area (Å²) in [7, 11) is 0. The molecule has 1 heterocycles. The molecule has 0 aromatic rings. The van der Waals surface area contributed by atoms with Gasteiger partial charge in [0, 0.05) is 22.9 Å². The molecule has 0 aromatic heterocycles.